The summed E-state index contributed by atoms with van der Waals surface area (Å²) in [7, 11) is 0. The van der Waals surface area contributed by atoms with Crippen LogP contribution in [0.1, 0.15) is 55.5 Å². The minimum Gasteiger partial charge on any atom is -0.492 e. The van der Waals surface area contributed by atoms with Crippen molar-refractivity contribution in [1.29, 1.82) is 0 Å². The molecule has 5 atom stereocenters. The number of alkyl carbamates (subject to hydrolysis) is 1. The molecule has 1 fully saturated rings. The van der Waals surface area contributed by atoms with E-state index in [1.807, 2.05) is 78.9 Å². The molecule has 1 aliphatic carbocycles. The highest BCUT2D eigenvalue weighted by Gasteiger charge is 2.35. The first-order chi connectivity index (χ1) is 23.5. The third-order valence-electron chi connectivity index (χ3n) is 9.05. The molecule has 1 saturated heterocycles. The summed E-state index contributed by atoms with van der Waals surface area (Å²) in [6.45, 7) is 10.0. The third kappa shape index (κ3) is 11.0. The molecule has 0 radical (unpaired) electrons. The lowest BCUT2D eigenvalue weighted by atomic mass is 9.88. The van der Waals surface area contributed by atoms with Crippen LogP contribution >= 0.6 is 0 Å². The quantitative estimate of drug-likeness (QED) is 0.200. The number of amides is 2. The van der Waals surface area contributed by atoms with Gasteiger partial charge < -0.3 is 35.1 Å². The van der Waals surface area contributed by atoms with E-state index in [1.165, 1.54) is 0 Å². The number of aliphatic hydroxyl groups excluding tert-OH is 2. The first kappa shape index (κ1) is 36.3. The Morgan fingerprint density at radius 2 is 1.61 bits per heavy atom. The van der Waals surface area contributed by atoms with Gasteiger partial charge in [-0.05, 0) is 74.4 Å². The summed E-state index contributed by atoms with van der Waals surface area (Å²) in [5.74, 6) is -0.198. The summed E-state index contributed by atoms with van der Waals surface area (Å²) in [5.41, 5.74) is 3.02. The summed E-state index contributed by atoms with van der Waals surface area (Å²) in [5, 5.41) is 28.6. The monoisotopic (exact) mass is 673 g/mol. The van der Waals surface area contributed by atoms with Gasteiger partial charge in [0.1, 0.15) is 18.0 Å². The molecule has 3 aromatic rings. The van der Waals surface area contributed by atoms with Gasteiger partial charge in [-0.25, -0.2) is 4.79 Å². The van der Waals surface area contributed by atoms with Crippen LogP contribution in [0, 0.1) is 5.92 Å². The lowest BCUT2D eigenvalue weighted by Crippen LogP contribution is -2.48. The van der Waals surface area contributed by atoms with Gasteiger partial charge in [-0.1, -0.05) is 66.7 Å². The Morgan fingerprint density at radius 3 is 2.33 bits per heavy atom. The smallest absolute Gasteiger partial charge is 0.407 e. The van der Waals surface area contributed by atoms with Gasteiger partial charge >= 0.3 is 6.09 Å². The highest BCUT2D eigenvalue weighted by atomic mass is 16.6. The Labute approximate surface area is 289 Å². The van der Waals surface area contributed by atoms with Crippen molar-refractivity contribution >= 4 is 12.0 Å². The second-order valence-electron chi connectivity index (χ2n) is 14.0. The maximum atomic E-state index is 14.1. The Balaban J connectivity index is 1.31. The summed E-state index contributed by atoms with van der Waals surface area (Å²) in [6, 6.07) is 23.7. The van der Waals surface area contributed by atoms with E-state index in [9.17, 15) is 19.8 Å². The molecule has 10 heteroatoms. The van der Waals surface area contributed by atoms with E-state index in [1.54, 1.807) is 20.8 Å². The molecule has 3 unspecified atom stereocenters. The van der Waals surface area contributed by atoms with E-state index in [2.05, 4.69) is 15.5 Å². The fourth-order valence-corrected chi connectivity index (χ4v) is 6.49. The van der Waals surface area contributed by atoms with Crippen LogP contribution in [0.15, 0.2) is 78.9 Å². The van der Waals surface area contributed by atoms with Crippen molar-refractivity contribution in [2.75, 3.05) is 39.5 Å². The minimum atomic E-state index is -1.08. The minimum absolute atomic E-state index is 0.0708. The zero-order chi connectivity index (χ0) is 34.8. The van der Waals surface area contributed by atoms with Crippen molar-refractivity contribution in [3.8, 4) is 5.75 Å². The summed E-state index contributed by atoms with van der Waals surface area (Å²) < 4.78 is 16.9. The number of hydrogen-bond donors (Lipinski definition) is 4. The van der Waals surface area contributed by atoms with E-state index >= 15 is 0 Å². The standard InChI is InChI=1S/C39H51N3O7/c1-39(2,3)49-38(46)40-33(24-27-9-5-4-6-10-27)34(43)26-30(37(45)41-36-32-12-8-7-11-29(32)25-35(36)44)23-28-13-15-31(16-14-28)48-22-19-42-17-20-47-21-18-42/h4-16,30,33-36,43-44H,17-26H2,1-3H3,(H,40,46)(H,41,45)/t30?,33?,34?,35-,36-/m0/s1. The van der Waals surface area contributed by atoms with Gasteiger partial charge in [0.25, 0.3) is 0 Å². The molecule has 49 heavy (non-hydrogen) atoms. The summed E-state index contributed by atoms with van der Waals surface area (Å²) in [4.78, 5) is 29.3. The Hall–Kier alpha value is -3.96. The van der Waals surface area contributed by atoms with Crippen molar-refractivity contribution < 1.29 is 34.0 Å². The average molecular weight is 674 g/mol. The Kier molecular flexibility index (Phi) is 12.7. The molecule has 2 amide bonds. The number of morpholine rings is 1. The Morgan fingerprint density at radius 1 is 0.939 bits per heavy atom. The molecule has 1 aliphatic heterocycles. The fourth-order valence-electron chi connectivity index (χ4n) is 6.49. The molecule has 2 aliphatic rings. The topological polar surface area (TPSA) is 130 Å². The van der Waals surface area contributed by atoms with E-state index in [4.69, 9.17) is 14.2 Å². The van der Waals surface area contributed by atoms with Crippen LogP contribution in [-0.4, -0.2) is 90.4 Å². The lowest BCUT2D eigenvalue weighted by Gasteiger charge is -2.30. The summed E-state index contributed by atoms with van der Waals surface area (Å²) >= 11 is 0. The molecule has 0 spiro atoms. The predicted molar refractivity (Wildman–Crippen MR) is 187 cm³/mol. The highest BCUT2D eigenvalue weighted by molar-refractivity contribution is 5.80. The van der Waals surface area contributed by atoms with E-state index in [0.29, 0.717) is 25.9 Å². The van der Waals surface area contributed by atoms with Crippen LogP contribution in [0.2, 0.25) is 0 Å². The van der Waals surface area contributed by atoms with E-state index in [-0.39, 0.29) is 12.3 Å². The average Bonchev–Trinajstić information content (AvgIpc) is 3.39. The predicted octanol–water partition coefficient (Wildman–Crippen LogP) is 4.22. The number of carbonyl (C=O) groups excluding carboxylic acids is 2. The second kappa shape index (κ2) is 17.1. The number of hydrogen-bond acceptors (Lipinski definition) is 8. The fraction of sp³-hybridized carbons (Fsp3) is 0.487. The van der Waals surface area contributed by atoms with Gasteiger partial charge in [-0.2, -0.15) is 0 Å². The number of fused-ring (bicyclic) bond motifs is 1. The van der Waals surface area contributed by atoms with E-state index in [0.717, 1.165) is 60.9 Å². The maximum absolute atomic E-state index is 14.1. The van der Waals surface area contributed by atoms with Crippen molar-refractivity contribution in [2.45, 2.75) is 76.3 Å². The van der Waals surface area contributed by atoms with E-state index < -0.39 is 41.9 Å². The molecule has 0 aromatic heterocycles. The molecule has 264 valence electrons. The largest absolute Gasteiger partial charge is 0.492 e. The number of nitrogens with zero attached hydrogens (tertiary/aromatic N) is 1. The van der Waals surface area contributed by atoms with Crippen LogP contribution in [0.5, 0.6) is 5.75 Å². The molecule has 3 aromatic carbocycles. The zero-order valence-electron chi connectivity index (χ0n) is 28.8. The molecule has 0 bridgehead atoms. The van der Waals surface area contributed by atoms with Crippen molar-refractivity contribution in [3.63, 3.8) is 0 Å². The molecular formula is C39H51N3O7. The first-order valence-electron chi connectivity index (χ1n) is 17.3. The third-order valence-corrected chi connectivity index (χ3v) is 9.05. The molecule has 1 heterocycles. The zero-order valence-corrected chi connectivity index (χ0v) is 28.8. The molecule has 4 N–H and O–H groups in total. The van der Waals surface area contributed by atoms with Gasteiger partial charge in [-0.3, -0.25) is 9.69 Å². The number of benzene rings is 3. The molecule has 10 nitrogen and oxygen atoms in total. The van der Waals surface area contributed by atoms with Gasteiger partial charge in [0.05, 0.1) is 37.5 Å². The normalized spacial score (nSPS) is 19.7. The van der Waals surface area contributed by atoms with Crippen LogP contribution in [-0.2, 0) is 33.5 Å². The van der Waals surface area contributed by atoms with Gasteiger partial charge in [-0.15, -0.1) is 0 Å². The highest BCUT2D eigenvalue weighted by Crippen LogP contribution is 2.32. The molecule has 5 rings (SSSR count). The Bertz CT molecular complexity index is 1490. The van der Waals surface area contributed by atoms with Gasteiger partial charge in [0, 0.05) is 32.0 Å². The summed E-state index contributed by atoms with van der Waals surface area (Å²) in [6.07, 6.45) is -1.25. The lowest BCUT2D eigenvalue weighted by molar-refractivity contribution is -0.127. The molecule has 0 saturated carbocycles. The van der Waals surface area contributed by atoms with Crippen LogP contribution in [0.3, 0.4) is 0 Å². The van der Waals surface area contributed by atoms with Gasteiger partial charge in [0.15, 0.2) is 0 Å². The SMILES string of the molecule is CC(C)(C)OC(=O)NC(Cc1ccccc1)C(O)CC(Cc1ccc(OCCN2CCOCC2)cc1)C(=O)N[C@H]1c2ccccc2C[C@@H]1O. The van der Waals surface area contributed by atoms with Crippen molar-refractivity contribution in [3.05, 3.63) is 101 Å². The second-order valence-corrected chi connectivity index (χ2v) is 14.0. The van der Waals surface area contributed by atoms with Gasteiger partial charge in [0.2, 0.25) is 5.91 Å². The van der Waals surface area contributed by atoms with Crippen molar-refractivity contribution in [2.24, 2.45) is 5.92 Å². The number of aliphatic hydroxyl groups is 2. The van der Waals surface area contributed by atoms with Crippen LogP contribution < -0.4 is 15.4 Å². The molecular weight excluding hydrogens is 622 g/mol. The van der Waals surface area contributed by atoms with Crippen LogP contribution in [0.4, 0.5) is 4.79 Å². The number of rotatable bonds is 14. The van der Waals surface area contributed by atoms with Crippen molar-refractivity contribution in [1.82, 2.24) is 15.5 Å². The number of ether oxygens (including phenoxy) is 3. The first-order valence-corrected chi connectivity index (χ1v) is 17.3. The number of carbonyl (C=O) groups is 2. The van der Waals surface area contributed by atoms with Crippen LogP contribution in [0.25, 0.3) is 0 Å². The maximum Gasteiger partial charge on any atom is 0.407 e. The number of nitrogens with one attached hydrogen (secondary N) is 2.